The molecule has 0 unspecified atom stereocenters. The number of nitrogens with zero attached hydrogens (tertiary/aromatic N) is 1. The summed E-state index contributed by atoms with van der Waals surface area (Å²) in [5.74, 6) is 0. The Balaban J connectivity index is 0.898. The molecule has 0 radical (unpaired) electrons. The number of ether oxygens (including phenoxy) is 14. The molecule has 0 amide bonds. The Hall–Kier alpha value is -3.66. The zero-order chi connectivity index (χ0) is 74.7. The molecule has 105 heavy (non-hydrogen) atoms. The van der Waals surface area contributed by atoms with E-state index in [0.717, 1.165) is 21.2 Å². The molecule has 0 aromatic heterocycles. The van der Waals surface area contributed by atoms with Crippen LogP contribution in [0.3, 0.4) is 0 Å². The zero-order valence-electron chi connectivity index (χ0n) is 56.1. The first-order chi connectivity index (χ1) is 50.6. The van der Waals surface area contributed by atoms with Crippen LogP contribution in [0.4, 0.5) is 0 Å². The molecule has 0 saturated carbocycles. The van der Waals surface area contributed by atoms with Gasteiger partial charge < -0.3 is 168 Å². The second-order valence-electron chi connectivity index (χ2n) is 26.8. The fraction of sp³-hybridized carbons (Fsp3) is 0.647. The molecule has 21 fully saturated rings. The predicted octanol–water partition coefficient (Wildman–Crippen LogP) is -9.74. The van der Waals surface area contributed by atoms with E-state index in [0.29, 0.717) is 0 Å². The zero-order valence-corrected chi connectivity index (χ0v) is 57.9. The topological polar surface area (TPSA) is 537 Å². The van der Waals surface area contributed by atoms with Gasteiger partial charge in [-0.25, -0.2) is 0 Å². The molecule has 21 saturated heterocycles. The van der Waals surface area contributed by atoms with E-state index in [1.54, 1.807) is 0 Å². The van der Waals surface area contributed by atoms with Crippen molar-refractivity contribution in [1.82, 2.24) is 4.90 Å². The monoisotopic (exact) mass is 1530 g/mol. The summed E-state index contributed by atoms with van der Waals surface area (Å²) >= 11 is 0. The summed E-state index contributed by atoms with van der Waals surface area (Å²) in [5.41, 5.74) is 0. The lowest BCUT2D eigenvalue weighted by Gasteiger charge is -2.50. The van der Waals surface area contributed by atoms with Gasteiger partial charge in [0.1, 0.15) is 171 Å². The van der Waals surface area contributed by atoms with E-state index in [9.17, 15) is 102 Å². The molecule has 584 valence electrons. The summed E-state index contributed by atoms with van der Waals surface area (Å²) in [4.78, 5) is 2.07. The van der Waals surface area contributed by atoms with Crippen LogP contribution in [-0.2, 0) is 66.3 Å². The Labute approximate surface area is 603 Å². The SMILES string of the molecule is OC[C@@H]1O[C@@H]2O[C@H]3[C@H](O)[C@@H](O)[C@@H](O[C@H]4[C@@H](O)[C@H](O)[C@@H](O[C@H]5[C@H](O)[C@H](O)[C@@H](O[C@H]6[C@H](O)[C@@H](O)[C@@H](O[C@H]7[C@H](O)[C@@H](O)[C@@H](O[C@H]8[C@H](O)[C@@H](O)[C@@H](O[C@H]1[C@H](O)[C@H]2O)O[C@H]8CO)O[C@H]7CO)O[C@@H]6CO)O[C@@H]5CO)O[C@@H]4CO)O[C@H]3CN(CP(c1ccccc1)c1ccccc1)CP(c1ccccc1)c1ccccc1. The standard InChI is InChI=1S/C68H93NO34P2/c70-22-35-56-43(78)50(85)64(92-35)100-58-37(24-72)94-66(52(87)45(58)80)102-60-39(26-74)96-68(54(89)47(60)82)103-61-40(27-75)95-67(53(88)46(61)81)101-59-38(25-73)93-65(51(86)44(59)79)99-57-36(23-71)91-63(49(84)42(57)77)97-55-34(90-62(98-56)48(83)41(55)76)21-69(28-104(30-13-5-1-6-14-30)31-15-7-2-8-16-31)29-105(32-17-9-3-10-18-32)33-19-11-4-12-20-33/h1-20,34-68,70-89H,21-29H2/t34-,35+,36-,37+,38-,39+,40-,41+,42+,43-,44+,45+,46+,47+,48+,49+,50-,51+,52-,53+,54+,55+,56+,57+,58+,59+,60+,61+,62+,63+,64+,65+,66+,67+,68+/m0/s1. The van der Waals surface area contributed by atoms with Crippen LogP contribution < -0.4 is 21.2 Å². The fourth-order valence-electron chi connectivity index (χ4n) is 14.3. The van der Waals surface area contributed by atoms with E-state index in [2.05, 4.69) is 4.90 Å². The molecule has 25 rings (SSSR count). The molecule has 37 heteroatoms. The molecule has 20 N–H and O–H groups in total. The number of benzene rings is 4. The number of aliphatic hydroxyl groups excluding tert-OH is 20. The minimum atomic E-state index is -2.24. The van der Waals surface area contributed by atoms with Gasteiger partial charge in [0.2, 0.25) is 0 Å². The molecular weight excluding hydrogens is 1440 g/mol. The van der Waals surface area contributed by atoms with Crippen LogP contribution in [0.2, 0.25) is 0 Å². The van der Waals surface area contributed by atoms with E-state index in [1.165, 1.54) is 0 Å². The van der Waals surface area contributed by atoms with Crippen molar-refractivity contribution < 1.29 is 168 Å². The Bertz CT molecular complexity index is 3100. The van der Waals surface area contributed by atoms with Crippen molar-refractivity contribution >= 4 is 37.1 Å². The Morgan fingerprint density at radius 3 is 0.552 bits per heavy atom. The highest BCUT2D eigenvalue weighted by atomic mass is 31.1. The average Bonchev–Trinajstić information content (AvgIpc) is 0.799. The van der Waals surface area contributed by atoms with Crippen molar-refractivity contribution in [1.29, 1.82) is 0 Å². The highest BCUT2D eigenvalue weighted by molar-refractivity contribution is 7.73. The van der Waals surface area contributed by atoms with Crippen LogP contribution >= 0.6 is 15.8 Å². The van der Waals surface area contributed by atoms with Crippen molar-refractivity contribution in [3.8, 4) is 0 Å². The molecule has 4 aromatic carbocycles. The van der Waals surface area contributed by atoms with Crippen LogP contribution in [0, 0.1) is 0 Å². The quantitative estimate of drug-likeness (QED) is 0.0463. The molecule has 35 nitrogen and oxygen atoms in total. The maximum absolute atomic E-state index is 12.7. The molecule has 0 aliphatic carbocycles. The highest BCUT2D eigenvalue weighted by Gasteiger charge is 2.60. The van der Waals surface area contributed by atoms with Crippen LogP contribution in [0.5, 0.6) is 0 Å². The Kier molecular flexibility index (Phi) is 27.9. The summed E-state index contributed by atoms with van der Waals surface area (Å²) < 4.78 is 84.3. The third-order valence-electron chi connectivity index (χ3n) is 20.0. The lowest BCUT2D eigenvalue weighted by Crippen LogP contribution is -2.68. The van der Waals surface area contributed by atoms with Crippen LogP contribution in [0.25, 0.3) is 0 Å². The minimum Gasteiger partial charge on any atom is -0.394 e. The number of hydrogen-bond acceptors (Lipinski definition) is 35. The number of aliphatic hydroxyl groups is 20. The first-order valence-corrected chi connectivity index (χ1v) is 37.5. The van der Waals surface area contributed by atoms with Gasteiger partial charge in [-0.15, -0.1) is 0 Å². The van der Waals surface area contributed by atoms with Crippen molar-refractivity contribution in [2.24, 2.45) is 0 Å². The van der Waals surface area contributed by atoms with Crippen LogP contribution in [0.1, 0.15) is 0 Å². The molecule has 35 atom stereocenters. The van der Waals surface area contributed by atoms with Gasteiger partial charge in [-0.1, -0.05) is 121 Å². The lowest BCUT2D eigenvalue weighted by atomic mass is 9.95. The summed E-state index contributed by atoms with van der Waals surface area (Å²) in [7, 11) is -2.64. The minimum absolute atomic E-state index is 0.244. The van der Waals surface area contributed by atoms with Crippen molar-refractivity contribution in [2.75, 3.05) is 58.8 Å². The third kappa shape index (κ3) is 17.4. The van der Waals surface area contributed by atoms with E-state index >= 15 is 0 Å². The van der Waals surface area contributed by atoms with E-state index < -0.39 is 270 Å². The smallest absolute Gasteiger partial charge is 0.187 e. The van der Waals surface area contributed by atoms with Gasteiger partial charge in [0.15, 0.2) is 44.0 Å². The van der Waals surface area contributed by atoms with Crippen molar-refractivity contribution in [3.05, 3.63) is 121 Å². The summed E-state index contributed by atoms with van der Waals surface area (Å²) in [6, 6.07) is 38.7. The van der Waals surface area contributed by atoms with Gasteiger partial charge in [-0.2, -0.15) is 0 Å². The Morgan fingerprint density at radius 2 is 0.381 bits per heavy atom. The molecule has 21 heterocycles. The fourth-order valence-corrected chi connectivity index (χ4v) is 19.1. The number of rotatable bonds is 16. The van der Waals surface area contributed by atoms with Crippen LogP contribution in [0.15, 0.2) is 121 Å². The van der Waals surface area contributed by atoms with E-state index in [-0.39, 0.29) is 19.1 Å². The van der Waals surface area contributed by atoms with Crippen LogP contribution in [-0.4, -0.2) is 381 Å². The normalized spacial score (nSPS) is 43.8. The molecular formula is C68H93NO34P2. The maximum atomic E-state index is 12.7. The number of hydrogen-bond donors (Lipinski definition) is 20. The second kappa shape index (κ2) is 36.2. The molecule has 14 bridgehead atoms. The summed E-state index contributed by atoms with van der Waals surface area (Å²) in [6.45, 7) is -6.55. The average molecular weight is 1530 g/mol. The molecule has 4 aromatic rings. The van der Waals surface area contributed by atoms with Crippen molar-refractivity contribution in [2.45, 2.75) is 215 Å². The van der Waals surface area contributed by atoms with E-state index in [4.69, 9.17) is 66.3 Å². The first-order valence-electron chi connectivity index (χ1n) is 34.4. The van der Waals surface area contributed by atoms with E-state index in [1.807, 2.05) is 121 Å². The summed E-state index contributed by atoms with van der Waals surface area (Å²) in [6.07, 6.45) is -70.2. The highest BCUT2D eigenvalue weighted by Crippen LogP contribution is 2.44. The second-order valence-corrected chi connectivity index (χ2v) is 31.1. The third-order valence-corrected chi connectivity index (χ3v) is 25.0. The molecule has 21 aliphatic heterocycles. The van der Waals surface area contributed by atoms with Gasteiger partial charge in [0.25, 0.3) is 0 Å². The van der Waals surface area contributed by atoms with Crippen molar-refractivity contribution in [3.63, 3.8) is 0 Å². The predicted molar refractivity (Wildman–Crippen MR) is 356 cm³/mol. The first kappa shape index (κ1) is 80.8. The maximum Gasteiger partial charge on any atom is 0.187 e. The van der Waals surface area contributed by atoms with Gasteiger partial charge in [0, 0.05) is 19.1 Å². The molecule has 21 aliphatic rings. The molecule has 0 spiro atoms. The summed E-state index contributed by atoms with van der Waals surface area (Å²) in [5, 5.41) is 234. The largest absolute Gasteiger partial charge is 0.394 e. The van der Waals surface area contributed by atoms with Gasteiger partial charge in [-0.05, 0) is 37.1 Å². The lowest BCUT2D eigenvalue weighted by molar-refractivity contribution is -0.396. The Morgan fingerprint density at radius 1 is 0.219 bits per heavy atom. The van der Waals surface area contributed by atoms with Gasteiger partial charge in [-0.3, -0.25) is 4.90 Å². The van der Waals surface area contributed by atoms with Gasteiger partial charge in [0.05, 0.1) is 39.6 Å². The van der Waals surface area contributed by atoms with Gasteiger partial charge >= 0.3 is 0 Å².